The fourth-order valence-corrected chi connectivity index (χ4v) is 4.52. The van der Waals surface area contributed by atoms with Gasteiger partial charge >= 0.3 is 0 Å². The van der Waals surface area contributed by atoms with Crippen LogP contribution in [0.1, 0.15) is 10.4 Å². The van der Waals surface area contributed by atoms with Crippen molar-refractivity contribution >= 4 is 34.9 Å². The first-order valence-corrected chi connectivity index (χ1v) is 10.0. The summed E-state index contributed by atoms with van der Waals surface area (Å²) in [5, 5.41) is 7.26. The van der Waals surface area contributed by atoms with Crippen LogP contribution in [-0.4, -0.2) is 35.4 Å². The van der Waals surface area contributed by atoms with Crippen LogP contribution in [0.2, 0.25) is 0 Å². The number of halogens is 1. The van der Waals surface area contributed by atoms with Crippen LogP contribution in [0.3, 0.4) is 0 Å². The largest absolute Gasteiger partial charge is 0.354 e. The van der Waals surface area contributed by atoms with Gasteiger partial charge in [-0.05, 0) is 35.9 Å². The Hall–Kier alpha value is -1.86. The first kappa shape index (κ1) is 17.9. The third kappa shape index (κ3) is 4.83. The van der Waals surface area contributed by atoms with Gasteiger partial charge in [0.15, 0.2) is 0 Å². The van der Waals surface area contributed by atoms with E-state index < -0.39 is 6.04 Å². The van der Waals surface area contributed by atoms with Crippen LogP contribution < -0.4 is 10.6 Å². The lowest BCUT2D eigenvalue weighted by atomic mass is 10.1. The lowest BCUT2D eigenvalue weighted by Crippen LogP contribution is -2.54. The highest BCUT2D eigenvalue weighted by molar-refractivity contribution is 8.00. The summed E-state index contributed by atoms with van der Waals surface area (Å²) in [5.41, 5.74) is 0.522. The molecule has 2 heterocycles. The third-order valence-corrected chi connectivity index (χ3v) is 6.25. The van der Waals surface area contributed by atoms with E-state index in [2.05, 4.69) is 10.6 Å². The fourth-order valence-electron chi connectivity index (χ4n) is 2.64. The molecule has 25 heavy (non-hydrogen) atoms. The minimum absolute atomic E-state index is 0.165. The highest BCUT2D eigenvalue weighted by Crippen LogP contribution is 2.23. The predicted molar refractivity (Wildman–Crippen MR) is 99.3 cm³/mol. The van der Waals surface area contributed by atoms with Gasteiger partial charge in [0.05, 0.1) is 5.25 Å². The Kier molecular flexibility index (Phi) is 6.09. The second kappa shape index (κ2) is 8.49. The predicted octanol–water partition coefficient (Wildman–Crippen LogP) is 2.39. The number of hydrogen-bond acceptors (Lipinski definition) is 4. The maximum atomic E-state index is 13.7. The first-order chi connectivity index (χ1) is 12.1. The normalized spacial score (nSPS) is 20.1. The topological polar surface area (TPSA) is 58.2 Å². The molecule has 1 aromatic heterocycles. The first-order valence-electron chi connectivity index (χ1n) is 8.09. The summed E-state index contributed by atoms with van der Waals surface area (Å²) in [6, 6.07) is 9.95. The summed E-state index contributed by atoms with van der Waals surface area (Å²) in [6.45, 7) is 0.551. The molecule has 3 rings (SSSR count). The molecule has 1 fully saturated rings. The average molecular weight is 378 g/mol. The Labute approximate surface area is 154 Å². The van der Waals surface area contributed by atoms with E-state index in [0.29, 0.717) is 24.3 Å². The number of rotatable bonds is 6. The number of thioether (sulfide) groups is 1. The zero-order chi connectivity index (χ0) is 17.6. The molecule has 2 unspecified atom stereocenters. The minimum atomic E-state index is -0.530. The molecule has 1 aliphatic rings. The van der Waals surface area contributed by atoms with E-state index in [1.54, 1.807) is 29.5 Å². The molecule has 0 bridgehead atoms. The Bertz CT molecular complexity index is 736. The molecule has 2 amide bonds. The maximum Gasteiger partial charge on any atom is 0.243 e. The second-order valence-electron chi connectivity index (χ2n) is 5.80. The van der Waals surface area contributed by atoms with Crippen LogP contribution in [0.4, 0.5) is 4.39 Å². The van der Waals surface area contributed by atoms with Crippen LogP contribution in [0.5, 0.6) is 0 Å². The molecular formula is C18H19FN2O2S2. The molecule has 2 N–H and O–H groups in total. The van der Waals surface area contributed by atoms with Gasteiger partial charge in [-0.2, -0.15) is 0 Å². The van der Waals surface area contributed by atoms with Gasteiger partial charge in [-0.1, -0.05) is 24.3 Å². The van der Waals surface area contributed by atoms with Crippen molar-refractivity contribution in [1.29, 1.82) is 0 Å². The van der Waals surface area contributed by atoms with E-state index >= 15 is 0 Å². The number of carbonyl (C=O) groups is 2. The molecule has 2 atom stereocenters. The molecular weight excluding hydrogens is 359 g/mol. The van der Waals surface area contributed by atoms with Gasteiger partial charge < -0.3 is 10.6 Å². The van der Waals surface area contributed by atoms with Crippen molar-refractivity contribution in [2.75, 3.05) is 12.3 Å². The fraction of sp³-hybridized carbons (Fsp3) is 0.333. The standard InChI is InChI=1S/C18H19FN2O2S2/c19-14-6-2-1-4-12(14)10-16-18(23)21-15(11-25-16)17(22)20-8-7-13-5-3-9-24-13/h1-6,9,15-16H,7-8,10-11H2,(H,20,22)(H,21,23). The molecule has 7 heteroatoms. The summed E-state index contributed by atoms with van der Waals surface area (Å²) in [6.07, 6.45) is 1.11. The van der Waals surface area contributed by atoms with Gasteiger partial charge in [0.1, 0.15) is 11.9 Å². The van der Waals surface area contributed by atoms with Gasteiger partial charge in [-0.25, -0.2) is 4.39 Å². The van der Waals surface area contributed by atoms with E-state index in [0.717, 1.165) is 6.42 Å². The number of nitrogens with one attached hydrogen (secondary N) is 2. The van der Waals surface area contributed by atoms with Gasteiger partial charge in [0, 0.05) is 17.2 Å². The highest BCUT2D eigenvalue weighted by Gasteiger charge is 2.32. The molecule has 2 aromatic rings. The van der Waals surface area contributed by atoms with Crippen LogP contribution >= 0.6 is 23.1 Å². The van der Waals surface area contributed by atoms with Crippen LogP contribution in [0, 0.1) is 5.82 Å². The molecule has 0 spiro atoms. The Morgan fingerprint density at radius 3 is 2.84 bits per heavy atom. The molecule has 4 nitrogen and oxygen atoms in total. The summed E-state index contributed by atoms with van der Waals surface area (Å²) in [5.74, 6) is -0.181. The Morgan fingerprint density at radius 2 is 2.12 bits per heavy atom. The zero-order valence-electron chi connectivity index (χ0n) is 13.5. The minimum Gasteiger partial charge on any atom is -0.354 e. The second-order valence-corrected chi connectivity index (χ2v) is 8.07. The van der Waals surface area contributed by atoms with Gasteiger partial charge in [0.2, 0.25) is 11.8 Å². The quantitative estimate of drug-likeness (QED) is 0.812. The summed E-state index contributed by atoms with van der Waals surface area (Å²) in [4.78, 5) is 25.7. The molecule has 1 saturated heterocycles. The Balaban J connectivity index is 1.47. The maximum absolute atomic E-state index is 13.7. The van der Waals surface area contributed by atoms with Crippen LogP contribution in [0.15, 0.2) is 41.8 Å². The molecule has 1 aliphatic heterocycles. The van der Waals surface area contributed by atoms with Crippen molar-refractivity contribution in [3.63, 3.8) is 0 Å². The zero-order valence-corrected chi connectivity index (χ0v) is 15.2. The smallest absolute Gasteiger partial charge is 0.243 e. The van der Waals surface area contributed by atoms with E-state index in [4.69, 9.17) is 0 Å². The molecule has 1 aromatic carbocycles. The molecule has 0 saturated carbocycles. The van der Waals surface area contributed by atoms with Crippen molar-refractivity contribution < 1.29 is 14.0 Å². The van der Waals surface area contributed by atoms with Gasteiger partial charge in [-0.3, -0.25) is 9.59 Å². The SMILES string of the molecule is O=C(NCCc1cccs1)C1CSC(Cc2ccccc2F)C(=O)N1. The van der Waals surface area contributed by atoms with Crippen molar-refractivity contribution in [2.45, 2.75) is 24.1 Å². The molecule has 0 aliphatic carbocycles. The van der Waals surface area contributed by atoms with Gasteiger partial charge in [-0.15, -0.1) is 23.1 Å². The number of benzene rings is 1. The van der Waals surface area contributed by atoms with E-state index in [-0.39, 0.29) is 22.9 Å². The lowest BCUT2D eigenvalue weighted by Gasteiger charge is -2.28. The van der Waals surface area contributed by atoms with E-state index in [1.165, 1.54) is 22.7 Å². The van der Waals surface area contributed by atoms with Crippen LogP contribution in [0.25, 0.3) is 0 Å². The monoisotopic (exact) mass is 378 g/mol. The number of carbonyl (C=O) groups excluding carboxylic acids is 2. The summed E-state index contributed by atoms with van der Waals surface area (Å²) in [7, 11) is 0. The summed E-state index contributed by atoms with van der Waals surface area (Å²) >= 11 is 3.06. The van der Waals surface area contributed by atoms with Gasteiger partial charge in [0.25, 0.3) is 0 Å². The molecule has 132 valence electrons. The average Bonchev–Trinajstić information content (AvgIpc) is 3.12. The Morgan fingerprint density at radius 1 is 1.28 bits per heavy atom. The van der Waals surface area contributed by atoms with Crippen molar-refractivity contribution in [1.82, 2.24) is 10.6 Å². The number of amides is 2. The van der Waals surface area contributed by atoms with Crippen molar-refractivity contribution in [2.24, 2.45) is 0 Å². The van der Waals surface area contributed by atoms with Crippen LogP contribution in [-0.2, 0) is 22.4 Å². The van der Waals surface area contributed by atoms with E-state index in [9.17, 15) is 14.0 Å². The van der Waals surface area contributed by atoms with Crippen molar-refractivity contribution in [3.05, 3.63) is 58.0 Å². The number of thiophene rings is 1. The molecule has 0 radical (unpaired) electrons. The summed E-state index contributed by atoms with van der Waals surface area (Å²) < 4.78 is 13.7. The third-order valence-electron chi connectivity index (χ3n) is 4.00. The van der Waals surface area contributed by atoms with E-state index in [1.807, 2.05) is 17.5 Å². The van der Waals surface area contributed by atoms with Crippen molar-refractivity contribution in [3.8, 4) is 0 Å². The highest BCUT2D eigenvalue weighted by atomic mass is 32.2. The lowest BCUT2D eigenvalue weighted by molar-refractivity contribution is -0.128. The number of hydrogen-bond donors (Lipinski definition) is 2.